The van der Waals surface area contributed by atoms with E-state index >= 15 is 0 Å². The molecule has 20 heavy (non-hydrogen) atoms. The van der Waals surface area contributed by atoms with E-state index in [9.17, 15) is 10.1 Å². The quantitative estimate of drug-likeness (QED) is 0.521. The summed E-state index contributed by atoms with van der Waals surface area (Å²) in [7, 11) is 0. The van der Waals surface area contributed by atoms with Crippen LogP contribution in [0.15, 0.2) is 18.3 Å². The molecule has 10 heteroatoms. The summed E-state index contributed by atoms with van der Waals surface area (Å²) in [6.07, 6.45) is 0.934. The van der Waals surface area contributed by atoms with Gasteiger partial charge in [-0.05, 0) is 6.07 Å². The number of anilines is 1. The molecule has 0 saturated heterocycles. The minimum absolute atomic E-state index is 0.0577. The Kier molecular flexibility index (Phi) is 4.12. The van der Waals surface area contributed by atoms with Gasteiger partial charge in [-0.3, -0.25) is 10.1 Å². The van der Waals surface area contributed by atoms with Crippen molar-refractivity contribution >= 4 is 46.4 Å². The number of hydrogen-bond donors (Lipinski definition) is 1. The van der Waals surface area contributed by atoms with Crippen LogP contribution in [-0.2, 0) is 0 Å². The number of aromatic nitrogens is 2. The van der Waals surface area contributed by atoms with Crippen molar-refractivity contribution in [2.75, 3.05) is 5.73 Å². The van der Waals surface area contributed by atoms with Crippen molar-refractivity contribution in [3.63, 3.8) is 0 Å². The smallest absolute Gasteiger partial charge is 0.349 e. The van der Waals surface area contributed by atoms with E-state index in [1.165, 1.54) is 12.1 Å². The molecule has 0 radical (unpaired) electrons. The summed E-state index contributed by atoms with van der Waals surface area (Å²) in [5.74, 6) is -0.466. The third kappa shape index (κ3) is 3.01. The zero-order valence-corrected chi connectivity index (χ0v) is 11.8. The summed E-state index contributed by atoms with van der Waals surface area (Å²) >= 11 is 17.5. The monoisotopic (exact) mass is 334 g/mol. The maximum absolute atomic E-state index is 10.9. The second-order valence-electron chi connectivity index (χ2n) is 3.47. The number of rotatable bonds is 3. The average molecular weight is 336 g/mol. The zero-order valence-electron chi connectivity index (χ0n) is 9.51. The number of nitrogens with two attached hydrogens (primary N) is 1. The van der Waals surface area contributed by atoms with Crippen LogP contribution in [0, 0.1) is 10.1 Å². The zero-order chi connectivity index (χ0) is 14.9. The van der Waals surface area contributed by atoms with Crippen molar-refractivity contribution < 1.29 is 9.66 Å². The fourth-order valence-corrected chi connectivity index (χ4v) is 1.84. The standard InChI is InChI=1S/C10H5Cl3N4O3/c11-4-1-6(13)8(2-5(4)12)20-9-7(17(18)19)3-15-10(14)16-9/h1-3H,(H2,14,15,16). The molecule has 0 atom stereocenters. The van der Waals surface area contributed by atoms with Gasteiger partial charge in [0.25, 0.3) is 0 Å². The summed E-state index contributed by atoms with van der Waals surface area (Å²) in [6, 6.07) is 2.66. The maximum Gasteiger partial charge on any atom is 0.349 e. The summed E-state index contributed by atoms with van der Waals surface area (Å²) in [5, 5.41) is 11.4. The third-order valence-electron chi connectivity index (χ3n) is 2.13. The second kappa shape index (κ2) is 5.66. The van der Waals surface area contributed by atoms with Gasteiger partial charge in [0.2, 0.25) is 5.95 Å². The fourth-order valence-electron chi connectivity index (χ4n) is 1.26. The topological polar surface area (TPSA) is 104 Å². The van der Waals surface area contributed by atoms with Gasteiger partial charge >= 0.3 is 11.6 Å². The molecule has 0 unspecified atom stereocenters. The van der Waals surface area contributed by atoms with Gasteiger partial charge < -0.3 is 10.5 Å². The van der Waals surface area contributed by atoms with Gasteiger partial charge in [0.15, 0.2) is 0 Å². The maximum atomic E-state index is 10.9. The molecule has 1 aromatic heterocycles. The molecule has 104 valence electrons. The van der Waals surface area contributed by atoms with Crippen molar-refractivity contribution in [1.82, 2.24) is 9.97 Å². The number of nitrogens with zero attached hydrogens (tertiary/aromatic N) is 3. The molecule has 0 aliphatic rings. The highest BCUT2D eigenvalue weighted by Crippen LogP contribution is 2.38. The first-order valence-corrected chi connectivity index (χ1v) is 6.11. The highest BCUT2D eigenvalue weighted by molar-refractivity contribution is 6.43. The van der Waals surface area contributed by atoms with Gasteiger partial charge in [-0.1, -0.05) is 34.8 Å². The van der Waals surface area contributed by atoms with Crippen LogP contribution in [-0.4, -0.2) is 14.9 Å². The summed E-state index contributed by atoms with van der Waals surface area (Å²) in [4.78, 5) is 17.3. The molecule has 2 N–H and O–H groups in total. The van der Waals surface area contributed by atoms with E-state index < -0.39 is 10.6 Å². The normalized spacial score (nSPS) is 10.3. The lowest BCUT2D eigenvalue weighted by atomic mass is 10.3. The van der Waals surface area contributed by atoms with Crippen molar-refractivity contribution in [3.8, 4) is 11.6 Å². The van der Waals surface area contributed by atoms with E-state index in [-0.39, 0.29) is 32.6 Å². The third-order valence-corrected chi connectivity index (χ3v) is 3.15. The van der Waals surface area contributed by atoms with E-state index in [1.807, 2.05) is 0 Å². The molecule has 0 aliphatic heterocycles. The fraction of sp³-hybridized carbons (Fsp3) is 0. The Balaban J connectivity index is 2.47. The van der Waals surface area contributed by atoms with Crippen LogP contribution in [0.4, 0.5) is 11.6 Å². The van der Waals surface area contributed by atoms with E-state index in [4.69, 9.17) is 45.3 Å². The summed E-state index contributed by atoms with van der Waals surface area (Å²) in [5.41, 5.74) is 4.91. The highest BCUT2D eigenvalue weighted by atomic mass is 35.5. The largest absolute Gasteiger partial charge is 0.432 e. The molecule has 7 nitrogen and oxygen atoms in total. The SMILES string of the molecule is Nc1ncc([N+](=O)[O-])c(Oc2cc(Cl)c(Cl)cc2Cl)n1. The van der Waals surface area contributed by atoms with E-state index in [0.717, 1.165) is 6.20 Å². The van der Waals surface area contributed by atoms with Gasteiger partial charge in [-0.2, -0.15) is 4.98 Å². The lowest BCUT2D eigenvalue weighted by Crippen LogP contribution is -2.01. The number of ether oxygens (including phenoxy) is 1. The Bertz CT molecular complexity index is 696. The number of nitrogen functional groups attached to an aromatic ring is 1. The van der Waals surface area contributed by atoms with E-state index in [1.54, 1.807) is 0 Å². The van der Waals surface area contributed by atoms with Crippen LogP contribution in [0.3, 0.4) is 0 Å². The molecule has 1 heterocycles. The van der Waals surface area contributed by atoms with Crippen LogP contribution in [0.2, 0.25) is 15.1 Å². The molecule has 0 fully saturated rings. The molecule has 1 aromatic carbocycles. The van der Waals surface area contributed by atoms with Gasteiger partial charge in [-0.25, -0.2) is 4.98 Å². The minimum atomic E-state index is -0.708. The molecule has 2 rings (SSSR count). The van der Waals surface area contributed by atoms with E-state index in [0.29, 0.717) is 0 Å². The molecular weight excluding hydrogens is 330 g/mol. The number of halogens is 3. The Morgan fingerprint density at radius 2 is 1.85 bits per heavy atom. The first-order valence-electron chi connectivity index (χ1n) is 4.98. The predicted octanol–water partition coefficient (Wildman–Crippen LogP) is 3.72. The van der Waals surface area contributed by atoms with Crippen molar-refractivity contribution in [2.45, 2.75) is 0 Å². The lowest BCUT2D eigenvalue weighted by Gasteiger charge is -2.08. The molecule has 0 amide bonds. The van der Waals surface area contributed by atoms with Crippen LogP contribution in [0.5, 0.6) is 11.6 Å². The van der Waals surface area contributed by atoms with Crippen LogP contribution >= 0.6 is 34.8 Å². The van der Waals surface area contributed by atoms with Gasteiger partial charge in [-0.15, -0.1) is 0 Å². The number of benzene rings is 1. The highest BCUT2D eigenvalue weighted by Gasteiger charge is 2.20. The van der Waals surface area contributed by atoms with Crippen molar-refractivity contribution in [2.24, 2.45) is 0 Å². The molecule has 2 aromatic rings. The molecule has 0 saturated carbocycles. The summed E-state index contributed by atoms with van der Waals surface area (Å²) in [6.45, 7) is 0. The molecule has 0 aliphatic carbocycles. The predicted molar refractivity (Wildman–Crippen MR) is 74.6 cm³/mol. The van der Waals surface area contributed by atoms with Crippen molar-refractivity contribution in [3.05, 3.63) is 43.5 Å². The second-order valence-corrected chi connectivity index (χ2v) is 4.70. The molecular formula is C10H5Cl3N4O3. The molecule has 0 bridgehead atoms. The first-order chi connectivity index (χ1) is 9.38. The summed E-state index contributed by atoms with van der Waals surface area (Å²) < 4.78 is 5.27. The minimum Gasteiger partial charge on any atom is -0.432 e. The molecule has 0 spiro atoms. The first kappa shape index (κ1) is 14.6. The average Bonchev–Trinajstić information content (AvgIpc) is 2.35. The lowest BCUT2D eigenvalue weighted by molar-refractivity contribution is -0.386. The van der Waals surface area contributed by atoms with Gasteiger partial charge in [0.05, 0.1) is 20.0 Å². The number of hydrogen-bond acceptors (Lipinski definition) is 6. The van der Waals surface area contributed by atoms with Crippen LogP contribution in [0.1, 0.15) is 0 Å². The Morgan fingerprint density at radius 1 is 1.20 bits per heavy atom. The number of nitro groups is 1. The Hall–Kier alpha value is -1.83. The Morgan fingerprint density at radius 3 is 2.50 bits per heavy atom. The Labute approximate surface area is 127 Å². The van der Waals surface area contributed by atoms with E-state index in [2.05, 4.69) is 9.97 Å². The van der Waals surface area contributed by atoms with Crippen LogP contribution < -0.4 is 10.5 Å². The van der Waals surface area contributed by atoms with Crippen molar-refractivity contribution in [1.29, 1.82) is 0 Å². The van der Waals surface area contributed by atoms with Crippen LogP contribution in [0.25, 0.3) is 0 Å². The van der Waals surface area contributed by atoms with Gasteiger partial charge in [0, 0.05) is 6.07 Å². The van der Waals surface area contributed by atoms with Gasteiger partial charge in [0.1, 0.15) is 11.9 Å².